The Bertz CT molecular complexity index is 645. The van der Waals surface area contributed by atoms with Gasteiger partial charge in [0.05, 0.1) is 9.83 Å². The van der Waals surface area contributed by atoms with Crippen LogP contribution in [0.5, 0.6) is 5.75 Å². The normalized spacial score (nSPS) is 16.8. The number of halogens is 1. The molecule has 1 saturated heterocycles. The molecule has 1 heterocycles. The second-order valence-electron chi connectivity index (χ2n) is 3.47. The third-order valence-electron chi connectivity index (χ3n) is 2.21. The number of hydrogen-bond donors (Lipinski definition) is 2. The highest BCUT2D eigenvalue weighted by molar-refractivity contribution is 8.26. The summed E-state index contributed by atoms with van der Waals surface area (Å²) in [7, 11) is 0. The number of nitrogens with zero attached hydrogens (tertiary/aromatic N) is 1. The number of nitro groups is 1. The molecule has 98 valence electrons. The van der Waals surface area contributed by atoms with Crippen LogP contribution in [0.2, 0.25) is 5.02 Å². The van der Waals surface area contributed by atoms with E-state index in [0.717, 1.165) is 17.8 Å². The summed E-state index contributed by atoms with van der Waals surface area (Å²) in [5, 5.41) is 23.0. The largest absolute Gasteiger partial charge is 0.502 e. The summed E-state index contributed by atoms with van der Waals surface area (Å²) in [5.41, 5.74) is -0.438. The zero-order chi connectivity index (χ0) is 14.2. The summed E-state index contributed by atoms with van der Waals surface area (Å²) >= 11 is 11.6. The Balaban J connectivity index is 2.52. The van der Waals surface area contributed by atoms with E-state index < -0.39 is 22.3 Å². The fourth-order valence-electron chi connectivity index (χ4n) is 1.42. The highest BCUT2D eigenvalue weighted by Gasteiger charge is 2.24. The molecule has 1 aromatic carbocycles. The highest BCUT2D eigenvalue weighted by atomic mass is 35.5. The molecule has 1 aliphatic rings. The van der Waals surface area contributed by atoms with Crippen LogP contribution in [0, 0.1) is 10.1 Å². The lowest BCUT2D eigenvalue weighted by molar-refractivity contribution is -0.385. The van der Waals surface area contributed by atoms with Crippen LogP contribution < -0.4 is 5.32 Å². The van der Waals surface area contributed by atoms with Crippen LogP contribution in [0.25, 0.3) is 6.08 Å². The molecule has 0 aliphatic carbocycles. The molecule has 6 nitrogen and oxygen atoms in total. The van der Waals surface area contributed by atoms with Crippen molar-refractivity contribution in [1.82, 2.24) is 5.32 Å². The number of aromatic hydroxyl groups is 1. The van der Waals surface area contributed by atoms with Gasteiger partial charge in [0.25, 0.3) is 5.91 Å². The highest BCUT2D eigenvalue weighted by Crippen LogP contribution is 2.36. The monoisotopic (exact) mass is 316 g/mol. The van der Waals surface area contributed by atoms with Crippen LogP contribution in [-0.2, 0) is 4.79 Å². The molecule has 0 aromatic heterocycles. The molecule has 0 bridgehead atoms. The standard InChI is InChI=1S/C10H5ClN2O4S2/c11-5-1-4(8(14)6(3-5)13(16)17)2-7-9(15)12-10(18)19-7/h1-3,14H,(H,12,15,18)/b7-2-. The lowest BCUT2D eigenvalue weighted by Gasteiger charge is -2.02. The van der Waals surface area contributed by atoms with Crippen molar-refractivity contribution in [3.63, 3.8) is 0 Å². The average Bonchev–Trinajstić information content (AvgIpc) is 2.61. The minimum Gasteiger partial charge on any atom is -0.502 e. The number of hydrogen-bond acceptors (Lipinski definition) is 6. The summed E-state index contributed by atoms with van der Waals surface area (Å²) in [5.74, 6) is -0.967. The van der Waals surface area contributed by atoms with E-state index in [9.17, 15) is 20.0 Å². The molecule has 1 aliphatic heterocycles. The number of benzene rings is 1. The molecular formula is C10H5ClN2O4S2. The molecule has 0 spiro atoms. The van der Waals surface area contributed by atoms with E-state index in [1.54, 1.807) is 0 Å². The second-order valence-corrected chi connectivity index (χ2v) is 5.63. The van der Waals surface area contributed by atoms with Crippen molar-refractivity contribution < 1.29 is 14.8 Å². The van der Waals surface area contributed by atoms with Gasteiger partial charge < -0.3 is 10.4 Å². The Labute approximate surface area is 121 Å². The van der Waals surface area contributed by atoms with Crippen LogP contribution in [-0.4, -0.2) is 20.3 Å². The number of nitrogens with one attached hydrogen (secondary N) is 1. The summed E-state index contributed by atoms with van der Waals surface area (Å²) in [6, 6.07) is 2.36. The zero-order valence-corrected chi connectivity index (χ0v) is 11.4. The third-order valence-corrected chi connectivity index (χ3v) is 3.59. The summed E-state index contributed by atoms with van der Waals surface area (Å²) in [6.07, 6.45) is 1.30. The van der Waals surface area contributed by atoms with Crippen molar-refractivity contribution in [2.45, 2.75) is 0 Å². The Hall–Kier alpha value is -1.64. The molecule has 0 radical (unpaired) electrons. The predicted octanol–water partition coefficient (Wildman–Crippen LogP) is 2.44. The van der Waals surface area contributed by atoms with Crippen molar-refractivity contribution in [1.29, 1.82) is 0 Å². The summed E-state index contributed by atoms with van der Waals surface area (Å²) in [4.78, 5) is 21.7. The number of carbonyl (C=O) groups excluding carboxylic acids is 1. The SMILES string of the molecule is O=C1NC(=S)S/C1=C\c1cc(Cl)cc([N+](=O)[O-])c1O. The number of rotatable bonds is 2. The first-order chi connectivity index (χ1) is 8.88. The third kappa shape index (κ3) is 2.86. The minimum absolute atomic E-state index is 0.0848. The molecule has 2 rings (SSSR count). The molecule has 1 amide bonds. The van der Waals surface area contributed by atoms with Crippen LogP contribution >= 0.6 is 35.6 Å². The summed E-state index contributed by atoms with van der Waals surface area (Å²) in [6.45, 7) is 0. The van der Waals surface area contributed by atoms with Crippen LogP contribution in [0.4, 0.5) is 5.69 Å². The van der Waals surface area contributed by atoms with E-state index in [2.05, 4.69) is 5.32 Å². The number of thioether (sulfide) groups is 1. The molecule has 19 heavy (non-hydrogen) atoms. The Kier molecular flexibility index (Phi) is 3.74. The average molecular weight is 317 g/mol. The van der Waals surface area contributed by atoms with E-state index in [4.69, 9.17) is 23.8 Å². The van der Waals surface area contributed by atoms with Gasteiger partial charge in [0, 0.05) is 16.7 Å². The van der Waals surface area contributed by atoms with Gasteiger partial charge in [-0.05, 0) is 12.1 Å². The molecule has 0 saturated carbocycles. The first-order valence-electron chi connectivity index (χ1n) is 4.80. The first kappa shape index (κ1) is 13.8. The lowest BCUT2D eigenvalue weighted by atomic mass is 10.1. The van der Waals surface area contributed by atoms with E-state index in [1.807, 2.05) is 0 Å². The van der Waals surface area contributed by atoms with Crippen molar-refractivity contribution in [2.24, 2.45) is 0 Å². The van der Waals surface area contributed by atoms with E-state index in [0.29, 0.717) is 0 Å². The molecule has 1 fully saturated rings. The molecule has 9 heteroatoms. The van der Waals surface area contributed by atoms with Crippen LogP contribution in [0.15, 0.2) is 17.0 Å². The number of nitro benzene ring substituents is 1. The minimum atomic E-state index is -0.754. The Morgan fingerprint density at radius 2 is 2.21 bits per heavy atom. The van der Waals surface area contributed by atoms with Crippen molar-refractivity contribution in [3.05, 3.63) is 37.7 Å². The van der Waals surface area contributed by atoms with Crippen LogP contribution in [0.3, 0.4) is 0 Å². The summed E-state index contributed by atoms with van der Waals surface area (Å²) < 4.78 is 0.285. The van der Waals surface area contributed by atoms with Gasteiger partial charge in [0.15, 0.2) is 0 Å². The van der Waals surface area contributed by atoms with Crippen molar-refractivity contribution in [2.75, 3.05) is 0 Å². The Morgan fingerprint density at radius 3 is 2.74 bits per heavy atom. The number of thiocarbonyl (C=S) groups is 1. The smallest absolute Gasteiger partial charge is 0.312 e. The van der Waals surface area contributed by atoms with Gasteiger partial charge in [0.2, 0.25) is 5.75 Å². The van der Waals surface area contributed by atoms with Gasteiger partial charge in [-0.1, -0.05) is 35.6 Å². The van der Waals surface area contributed by atoms with Crippen molar-refractivity contribution in [3.8, 4) is 5.75 Å². The number of amides is 1. The molecule has 1 aromatic rings. The number of phenolic OH excluding ortho intramolecular Hbond substituents is 1. The second kappa shape index (κ2) is 5.16. The van der Waals surface area contributed by atoms with Gasteiger partial charge in [-0.2, -0.15) is 0 Å². The zero-order valence-electron chi connectivity index (χ0n) is 9.05. The first-order valence-corrected chi connectivity index (χ1v) is 6.40. The van der Waals surface area contributed by atoms with E-state index >= 15 is 0 Å². The van der Waals surface area contributed by atoms with Gasteiger partial charge in [-0.15, -0.1) is 0 Å². The molecule has 0 unspecified atom stereocenters. The van der Waals surface area contributed by atoms with Gasteiger partial charge >= 0.3 is 5.69 Å². The topological polar surface area (TPSA) is 92.5 Å². The van der Waals surface area contributed by atoms with E-state index in [-0.39, 0.29) is 19.8 Å². The van der Waals surface area contributed by atoms with E-state index in [1.165, 1.54) is 12.1 Å². The fourth-order valence-corrected chi connectivity index (χ4v) is 2.67. The number of carbonyl (C=O) groups is 1. The van der Waals surface area contributed by atoms with Crippen LogP contribution in [0.1, 0.15) is 5.56 Å². The van der Waals surface area contributed by atoms with Gasteiger partial charge in [0.1, 0.15) is 4.32 Å². The maximum Gasteiger partial charge on any atom is 0.312 e. The lowest BCUT2D eigenvalue weighted by Crippen LogP contribution is -2.17. The molecule has 2 N–H and O–H groups in total. The Morgan fingerprint density at radius 1 is 1.53 bits per heavy atom. The maximum absolute atomic E-state index is 11.5. The van der Waals surface area contributed by atoms with Gasteiger partial charge in [-0.3, -0.25) is 14.9 Å². The molecule has 0 atom stereocenters. The fraction of sp³-hybridized carbons (Fsp3) is 0. The quantitative estimate of drug-likeness (QED) is 0.377. The predicted molar refractivity (Wildman–Crippen MR) is 76.1 cm³/mol. The molecular weight excluding hydrogens is 312 g/mol. The van der Waals surface area contributed by atoms with Gasteiger partial charge in [-0.25, -0.2) is 0 Å². The maximum atomic E-state index is 11.5. The van der Waals surface area contributed by atoms with Crippen molar-refractivity contribution >= 4 is 57.6 Å². The number of phenols is 1.